The van der Waals surface area contributed by atoms with E-state index in [1.54, 1.807) is 24.0 Å². The van der Waals surface area contributed by atoms with Gasteiger partial charge >= 0.3 is 0 Å². The van der Waals surface area contributed by atoms with Crippen LogP contribution in [0.2, 0.25) is 0 Å². The Morgan fingerprint density at radius 1 is 1.06 bits per heavy atom. The van der Waals surface area contributed by atoms with Crippen molar-refractivity contribution >= 4 is 27.7 Å². The molecule has 2 amide bonds. The number of carbonyl (C=O) groups is 2. The summed E-state index contributed by atoms with van der Waals surface area (Å²) in [5, 5.41) is 3.15. The largest absolute Gasteiger partial charge is 0.484 e. The van der Waals surface area contributed by atoms with Crippen LogP contribution in [0.15, 0.2) is 53.0 Å². The van der Waals surface area contributed by atoms with Crippen molar-refractivity contribution in [3.63, 3.8) is 0 Å². The van der Waals surface area contributed by atoms with Crippen LogP contribution in [0.1, 0.15) is 50.2 Å². The fraction of sp³-hybridized carbons (Fsp3) is 0.440. The van der Waals surface area contributed by atoms with Crippen LogP contribution >= 0.6 is 15.9 Å². The van der Waals surface area contributed by atoms with E-state index in [-0.39, 0.29) is 24.5 Å². The molecule has 31 heavy (non-hydrogen) atoms. The molecule has 5 nitrogen and oxygen atoms in total. The SMILES string of the molecule is Cc1ccc(CN(C(=O)COc2ccc(Br)cc2)C(C)C(=O)NC2CCCCC2)cc1. The van der Waals surface area contributed by atoms with E-state index in [9.17, 15) is 9.59 Å². The van der Waals surface area contributed by atoms with Gasteiger partial charge in [-0.15, -0.1) is 0 Å². The Morgan fingerprint density at radius 3 is 2.35 bits per heavy atom. The molecule has 1 saturated carbocycles. The molecule has 2 aromatic rings. The first-order chi connectivity index (χ1) is 14.9. The molecule has 166 valence electrons. The van der Waals surface area contributed by atoms with Gasteiger partial charge in [0.1, 0.15) is 11.8 Å². The minimum atomic E-state index is -0.579. The smallest absolute Gasteiger partial charge is 0.261 e. The molecule has 0 saturated heterocycles. The summed E-state index contributed by atoms with van der Waals surface area (Å²) in [6.45, 7) is 4.07. The van der Waals surface area contributed by atoms with Crippen molar-refractivity contribution in [3.8, 4) is 5.75 Å². The van der Waals surface area contributed by atoms with Gasteiger partial charge < -0.3 is 15.0 Å². The third-order valence-electron chi connectivity index (χ3n) is 5.77. The predicted octanol–water partition coefficient (Wildman–Crippen LogP) is 5.00. The van der Waals surface area contributed by atoms with Crippen molar-refractivity contribution in [1.82, 2.24) is 10.2 Å². The number of nitrogens with zero attached hydrogens (tertiary/aromatic N) is 1. The summed E-state index contributed by atoms with van der Waals surface area (Å²) in [7, 11) is 0. The topological polar surface area (TPSA) is 58.6 Å². The Bertz CT molecular complexity index is 861. The average molecular weight is 487 g/mol. The van der Waals surface area contributed by atoms with Crippen LogP contribution in [-0.4, -0.2) is 35.4 Å². The predicted molar refractivity (Wildman–Crippen MR) is 126 cm³/mol. The Balaban J connectivity index is 1.69. The summed E-state index contributed by atoms with van der Waals surface area (Å²) in [6.07, 6.45) is 5.54. The number of aryl methyl sites for hydroxylation is 1. The van der Waals surface area contributed by atoms with Gasteiger partial charge in [-0.1, -0.05) is 65.0 Å². The molecule has 1 unspecified atom stereocenters. The van der Waals surface area contributed by atoms with Crippen LogP contribution < -0.4 is 10.1 Å². The summed E-state index contributed by atoms with van der Waals surface area (Å²) in [5.74, 6) is 0.303. The van der Waals surface area contributed by atoms with E-state index in [1.807, 2.05) is 43.3 Å². The van der Waals surface area contributed by atoms with E-state index in [2.05, 4.69) is 21.2 Å². The van der Waals surface area contributed by atoms with Crippen molar-refractivity contribution in [2.24, 2.45) is 0 Å². The summed E-state index contributed by atoms with van der Waals surface area (Å²) in [6, 6.07) is 15.0. The minimum Gasteiger partial charge on any atom is -0.484 e. The van der Waals surface area contributed by atoms with Gasteiger partial charge in [0.2, 0.25) is 5.91 Å². The second-order valence-electron chi connectivity index (χ2n) is 8.27. The number of nitrogens with one attached hydrogen (secondary N) is 1. The zero-order valence-corrected chi connectivity index (χ0v) is 19.9. The number of ether oxygens (including phenoxy) is 1. The number of hydrogen-bond acceptors (Lipinski definition) is 3. The maximum absolute atomic E-state index is 13.1. The van der Waals surface area contributed by atoms with Gasteiger partial charge in [-0.05, 0) is 56.5 Å². The van der Waals surface area contributed by atoms with E-state index in [0.717, 1.165) is 41.3 Å². The second kappa shape index (κ2) is 11.3. The van der Waals surface area contributed by atoms with Gasteiger partial charge in [0, 0.05) is 17.1 Å². The molecule has 1 fully saturated rings. The van der Waals surface area contributed by atoms with Crippen LogP contribution in [0.4, 0.5) is 0 Å². The number of carbonyl (C=O) groups excluding carboxylic acids is 2. The molecule has 0 heterocycles. The highest BCUT2D eigenvalue weighted by atomic mass is 79.9. The van der Waals surface area contributed by atoms with Crippen molar-refractivity contribution < 1.29 is 14.3 Å². The third-order valence-corrected chi connectivity index (χ3v) is 6.30. The molecular weight excluding hydrogens is 456 g/mol. The van der Waals surface area contributed by atoms with Crippen molar-refractivity contribution in [3.05, 3.63) is 64.1 Å². The highest BCUT2D eigenvalue weighted by Gasteiger charge is 2.28. The third kappa shape index (κ3) is 7.10. The van der Waals surface area contributed by atoms with E-state index in [4.69, 9.17) is 4.74 Å². The summed E-state index contributed by atoms with van der Waals surface area (Å²) >= 11 is 3.39. The second-order valence-corrected chi connectivity index (χ2v) is 9.19. The molecule has 2 aromatic carbocycles. The van der Waals surface area contributed by atoms with Gasteiger partial charge in [0.25, 0.3) is 5.91 Å². The van der Waals surface area contributed by atoms with Gasteiger partial charge in [0.05, 0.1) is 0 Å². The number of halogens is 1. The standard InChI is InChI=1S/C25H31BrN2O3/c1-18-8-10-20(11-9-18)16-28(19(2)25(30)27-22-6-4-3-5-7-22)24(29)17-31-23-14-12-21(26)13-15-23/h8-15,19,22H,3-7,16-17H2,1-2H3,(H,27,30). The first-order valence-corrected chi connectivity index (χ1v) is 11.8. The Morgan fingerprint density at radius 2 is 1.71 bits per heavy atom. The van der Waals surface area contributed by atoms with Gasteiger partial charge in [-0.3, -0.25) is 9.59 Å². The van der Waals surface area contributed by atoms with Crippen LogP contribution in [0.5, 0.6) is 5.75 Å². The van der Waals surface area contributed by atoms with Crippen LogP contribution in [0, 0.1) is 6.92 Å². The quantitative estimate of drug-likeness (QED) is 0.570. The fourth-order valence-electron chi connectivity index (χ4n) is 3.80. The lowest BCUT2D eigenvalue weighted by Gasteiger charge is -2.31. The zero-order valence-electron chi connectivity index (χ0n) is 18.3. The first kappa shape index (κ1) is 23.3. The maximum Gasteiger partial charge on any atom is 0.261 e. The lowest BCUT2D eigenvalue weighted by atomic mass is 9.95. The molecule has 0 spiro atoms. The number of amides is 2. The molecule has 6 heteroatoms. The first-order valence-electron chi connectivity index (χ1n) is 11.0. The van der Waals surface area contributed by atoms with Gasteiger partial charge in [-0.2, -0.15) is 0 Å². The molecule has 1 aliphatic carbocycles. The summed E-state index contributed by atoms with van der Waals surface area (Å²) < 4.78 is 6.64. The van der Waals surface area contributed by atoms with Crippen molar-refractivity contribution in [2.45, 2.75) is 64.6 Å². The Hall–Kier alpha value is -2.34. The maximum atomic E-state index is 13.1. The van der Waals surface area contributed by atoms with Crippen molar-refractivity contribution in [1.29, 1.82) is 0 Å². The molecule has 3 rings (SSSR count). The molecule has 0 aromatic heterocycles. The molecule has 0 radical (unpaired) electrons. The van der Waals surface area contributed by atoms with E-state index in [0.29, 0.717) is 12.3 Å². The fourth-order valence-corrected chi connectivity index (χ4v) is 4.06. The Labute approximate surface area is 193 Å². The lowest BCUT2D eigenvalue weighted by Crippen LogP contribution is -2.51. The van der Waals surface area contributed by atoms with Crippen LogP contribution in [0.3, 0.4) is 0 Å². The van der Waals surface area contributed by atoms with Gasteiger partial charge in [-0.25, -0.2) is 0 Å². The molecule has 1 N–H and O–H groups in total. The molecule has 0 aliphatic heterocycles. The molecular formula is C25H31BrN2O3. The van der Waals surface area contributed by atoms with Crippen LogP contribution in [-0.2, 0) is 16.1 Å². The molecule has 1 atom stereocenters. The Kier molecular flexibility index (Phi) is 8.52. The number of hydrogen-bond donors (Lipinski definition) is 1. The van der Waals surface area contributed by atoms with E-state index >= 15 is 0 Å². The van der Waals surface area contributed by atoms with Gasteiger partial charge in [0.15, 0.2) is 6.61 Å². The van der Waals surface area contributed by atoms with Crippen LogP contribution in [0.25, 0.3) is 0 Å². The van der Waals surface area contributed by atoms with E-state index in [1.165, 1.54) is 6.42 Å². The summed E-state index contributed by atoms with van der Waals surface area (Å²) in [4.78, 5) is 27.7. The minimum absolute atomic E-state index is 0.101. The highest BCUT2D eigenvalue weighted by Crippen LogP contribution is 2.19. The number of benzene rings is 2. The monoisotopic (exact) mass is 486 g/mol. The normalized spacial score (nSPS) is 15.2. The molecule has 1 aliphatic rings. The average Bonchev–Trinajstić information content (AvgIpc) is 2.78. The lowest BCUT2D eigenvalue weighted by molar-refractivity contribution is -0.142. The van der Waals surface area contributed by atoms with Crippen molar-refractivity contribution in [2.75, 3.05) is 6.61 Å². The zero-order chi connectivity index (χ0) is 22.2. The van der Waals surface area contributed by atoms with E-state index < -0.39 is 6.04 Å². The molecule has 0 bridgehead atoms. The summed E-state index contributed by atoms with van der Waals surface area (Å²) in [5.41, 5.74) is 2.14. The number of rotatable bonds is 8. The highest BCUT2D eigenvalue weighted by molar-refractivity contribution is 9.10.